The standard InChI is InChI=1S/C18H30N2O.ClH/c1-5-9-16(15-10-7-6-8-11-15)18(21)20(4)13-12-17(19)14(2)3;/h6-8,10-11,14,16-17H,5,9,12-13,19H2,1-4H3;1H. The SMILES string of the molecule is CCCC(C(=O)N(C)CCC(N)C(C)C)c1ccccc1.Cl. The lowest BCUT2D eigenvalue weighted by atomic mass is 9.93. The molecule has 0 radical (unpaired) electrons. The van der Waals surface area contributed by atoms with E-state index in [1.165, 1.54) is 0 Å². The van der Waals surface area contributed by atoms with Crippen LogP contribution in [0.15, 0.2) is 30.3 Å². The molecule has 0 aliphatic heterocycles. The summed E-state index contributed by atoms with van der Waals surface area (Å²) in [5, 5.41) is 0. The predicted molar refractivity (Wildman–Crippen MR) is 96.4 cm³/mol. The predicted octanol–water partition coefficient (Wildman–Crippen LogP) is 3.82. The number of amides is 1. The van der Waals surface area contributed by atoms with Crippen molar-refractivity contribution < 1.29 is 4.79 Å². The molecule has 1 amide bonds. The zero-order valence-electron chi connectivity index (χ0n) is 14.3. The second-order valence-corrected chi connectivity index (χ2v) is 6.21. The zero-order chi connectivity index (χ0) is 15.8. The van der Waals surface area contributed by atoms with Crippen LogP contribution in [0.5, 0.6) is 0 Å². The highest BCUT2D eigenvalue weighted by Crippen LogP contribution is 2.23. The summed E-state index contributed by atoms with van der Waals surface area (Å²) in [6.45, 7) is 7.09. The molecule has 3 nitrogen and oxygen atoms in total. The van der Waals surface area contributed by atoms with Gasteiger partial charge in [-0.25, -0.2) is 0 Å². The molecule has 0 aromatic heterocycles. The number of hydrogen-bond acceptors (Lipinski definition) is 2. The Labute approximate surface area is 141 Å². The highest BCUT2D eigenvalue weighted by Gasteiger charge is 2.23. The summed E-state index contributed by atoms with van der Waals surface area (Å²) < 4.78 is 0. The second kappa shape index (κ2) is 10.6. The number of benzene rings is 1. The molecule has 4 heteroatoms. The summed E-state index contributed by atoms with van der Waals surface area (Å²) in [4.78, 5) is 14.5. The molecular weight excluding hydrogens is 296 g/mol. The Morgan fingerprint density at radius 3 is 2.27 bits per heavy atom. The molecule has 0 aliphatic rings. The number of hydrogen-bond donors (Lipinski definition) is 1. The molecule has 0 aliphatic carbocycles. The van der Waals surface area contributed by atoms with Gasteiger partial charge in [-0.15, -0.1) is 12.4 Å². The topological polar surface area (TPSA) is 46.3 Å². The van der Waals surface area contributed by atoms with Crippen molar-refractivity contribution in [3.63, 3.8) is 0 Å². The number of nitrogens with zero attached hydrogens (tertiary/aromatic N) is 1. The maximum atomic E-state index is 12.7. The van der Waals surface area contributed by atoms with Gasteiger partial charge in [-0.2, -0.15) is 0 Å². The van der Waals surface area contributed by atoms with E-state index in [9.17, 15) is 4.79 Å². The average Bonchev–Trinajstić information content (AvgIpc) is 2.49. The van der Waals surface area contributed by atoms with Gasteiger partial charge in [0.05, 0.1) is 5.92 Å². The monoisotopic (exact) mass is 326 g/mol. The molecule has 2 atom stereocenters. The van der Waals surface area contributed by atoms with Crippen LogP contribution < -0.4 is 5.73 Å². The van der Waals surface area contributed by atoms with Crippen molar-refractivity contribution in [1.29, 1.82) is 0 Å². The first-order chi connectivity index (χ1) is 9.97. The van der Waals surface area contributed by atoms with Crippen LogP contribution in [0.1, 0.15) is 51.5 Å². The fraction of sp³-hybridized carbons (Fsp3) is 0.611. The van der Waals surface area contributed by atoms with E-state index in [1.807, 2.05) is 42.3 Å². The van der Waals surface area contributed by atoms with Crippen LogP contribution in [0, 0.1) is 5.92 Å². The Hall–Kier alpha value is -1.06. The zero-order valence-corrected chi connectivity index (χ0v) is 15.1. The molecule has 1 aromatic carbocycles. The molecule has 0 saturated heterocycles. The number of likely N-dealkylation sites (N-methyl/N-ethyl adjacent to an activating group) is 1. The fourth-order valence-corrected chi connectivity index (χ4v) is 2.46. The molecule has 0 fully saturated rings. The van der Waals surface area contributed by atoms with Crippen molar-refractivity contribution >= 4 is 18.3 Å². The smallest absolute Gasteiger partial charge is 0.229 e. The minimum absolute atomic E-state index is 0. The Bertz CT molecular complexity index is 422. The first-order valence-electron chi connectivity index (χ1n) is 8.02. The summed E-state index contributed by atoms with van der Waals surface area (Å²) in [6, 6.07) is 10.2. The third kappa shape index (κ3) is 6.37. The molecule has 0 spiro atoms. The Balaban J connectivity index is 0.00000441. The van der Waals surface area contributed by atoms with Crippen LogP contribution in [-0.4, -0.2) is 30.4 Å². The molecule has 0 bridgehead atoms. The van der Waals surface area contributed by atoms with E-state index in [2.05, 4.69) is 20.8 Å². The van der Waals surface area contributed by atoms with Crippen LogP contribution in [0.25, 0.3) is 0 Å². The lowest BCUT2D eigenvalue weighted by Crippen LogP contribution is -2.37. The average molecular weight is 327 g/mol. The van der Waals surface area contributed by atoms with Crippen LogP contribution in [0.4, 0.5) is 0 Å². The summed E-state index contributed by atoms with van der Waals surface area (Å²) in [5.74, 6) is 0.629. The van der Waals surface area contributed by atoms with Gasteiger partial charge in [0.1, 0.15) is 0 Å². The van der Waals surface area contributed by atoms with Crippen LogP contribution in [-0.2, 0) is 4.79 Å². The number of carbonyl (C=O) groups is 1. The Morgan fingerprint density at radius 1 is 1.18 bits per heavy atom. The maximum absolute atomic E-state index is 12.7. The lowest BCUT2D eigenvalue weighted by molar-refractivity contribution is -0.131. The third-order valence-corrected chi connectivity index (χ3v) is 4.11. The fourth-order valence-electron chi connectivity index (χ4n) is 2.46. The lowest BCUT2D eigenvalue weighted by Gasteiger charge is -2.26. The van der Waals surface area contributed by atoms with Crippen LogP contribution >= 0.6 is 12.4 Å². The summed E-state index contributed by atoms with van der Waals surface area (Å²) in [7, 11) is 1.89. The van der Waals surface area contributed by atoms with Gasteiger partial charge in [-0.1, -0.05) is 57.5 Å². The van der Waals surface area contributed by atoms with E-state index < -0.39 is 0 Å². The quantitative estimate of drug-likeness (QED) is 0.789. The normalized spacial score (nSPS) is 13.4. The highest BCUT2D eigenvalue weighted by molar-refractivity contribution is 5.85. The van der Waals surface area contributed by atoms with Gasteiger partial charge in [0.2, 0.25) is 5.91 Å². The van der Waals surface area contributed by atoms with Gasteiger partial charge >= 0.3 is 0 Å². The minimum Gasteiger partial charge on any atom is -0.345 e. The Kier molecular flexibility index (Phi) is 10.1. The highest BCUT2D eigenvalue weighted by atomic mass is 35.5. The molecule has 0 heterocycles. The van der Waals surface area contributed by atoms with E-state index in [4.69, 9.17) is 5.73 Å². The maximum Gasteiger partial charge on any atom is 0.229 e. The third-order valence-electron chi connectivity index (χ3n) is 4.11. The number of halogens is 1. The largest absolute Gasteiger partial charge is 0.345 e. The number of nitrogens with two attached hydrogens (primary N) is 1. The molecule has 1 rings (SSSR count). The number of rotatable bonds is 8. The van der Waals surface area contributed by atoms with Crippen molar-refractivity contribution in [2.24, 2.45) is 11.7 Å². The number of carbonyl (C=O) groups excluding carboxylic acids is 1. The van der Waals surface area contributed by atoms with Gasteiger partial charge in [-0.05, 0) is 24.3 Å². The molecule has 1 aromatic rings. The minimum atomic E-state index is -0.0310. The van der Waals surface area contributed by atoms with Crippen LogP contribution in [0.2, 0.25) is 0 Å². The first kappa shape index (κ1) is 20.9. The van der Waals surface area contributed by atoms with E-state index >= 15 is 0 Å². The molecule has 2 N–H and O–H groups in total. The Morgan fingerprint density at radius 2 is 1.77 bits per heavy atom. The van der Waals surface area contributed by atoms with E-state index in [1.54, 1.807) is 0 Å². The summed E-state index contributed by atoms with van der Waals surface area (Å²) in [5.41, 5.74) is 7.19. The van der Waals surface area contributed by atoms with Gasteiger partial charge < -0.3 is 10.6 Å². The van der Waals surface area contributed by atoms with Crippen molar-refractivity contribution in [2.45, 2.75) is 52.0 Å². The van der Waals surface area contributed by atoms with Crippen molar-refractivity contribution in [1.82, 2.24) is 4.90 Å². The van der Waals surface area contributed by atoms with Gasteiger partial charge in [-0.3, -0.25) is 4.79 Å². The van der Waals surface area contributed by atoms with Crippen molar-refractivity contribution in [2.75, 3.05) is 13.6 Å². The van der Waals surface area contributed by atoms with Gasteiger partial charge in [0, 0.05) is 19.6 Å². The van der Waals surface area contributed by atoms with Gasteiger partial charge in [0.15, 0.2) is 0 Å². The molecule has 22 heavy (non-hydrogen) atoms. The second-order valence-electron chi connectivity index (χ2n) is 6.21. The van der Waals surface area contributed by atoms with E-state index in [0.717, 1.165) is 31.4 Å². The first-order valence-corrected chi connectivity index (χ1v) is 8.02. The molecule has 2 unspecified atom stereocenters. The van der Waals surface area contributed by atoms with E-state index in [0.29, 0.717) is 5.92 Å². The molecule has 0 saturated carbocycles. The summed E-state index contributed by atoms with van der Waals surface area (Å²) in [6.07, 6.45) is 2.75. The van der Waals surface area contributed by atoms with Crippen LogP contribution in [0.3, 0.4) is 0 Å². The van der Waals surface area contributed by atoms with Crippen molar-refractivity contribution in [3.8, 4) is 0 Å². The van der Waals surface area contributed by atoms with Crippen molar-refractivity contribution in [3.05, 3.63) is 35.9 Å². The van der Waals surface area contributed by atoms with Gasteiger partial charge in [0.25, 0.3) is 0 Å². The van der Waals surface area contributed by atoms with E-state index in [-0.39, 0.29) is 30.3 Å². The summed E-state index contributed by atoms with van der Waals surface area (Å²) >= 11 is 0. The molecule has 126 valence electrons. The molecular formula is C18H31ClN2O.